The molecule has 1 aliphatic carbocycles. The summed E-state index contributed by atoms with van der Waals surface area (Å²) >= 11 is 0. The van der Waals surface area contributed by atoms with Crippen molar-refractivity contribution in [2.45, 2.75) is 0 Å². The minimum absolute atomic E-state index is 0.349. The molecule has 5 nitrogen and oxygen atoms in total. The van der Waals surface area contributed by atoms with Crippen LogP contribution < -0.4 is 5.43 Å². The highest BCUT2D eigenvalue weighted by Gasteiger charge is 2.23. The minimum atomic E-state index is -0.469. The smallest absolute Gasteiger partial charge is 0.340 e. The summed E-state index contributed by atoms with van der Waals surface area (Å²) in [7, 11) is 3.00. The van der Waals surface area contributed by atoms with Crippen LogP contribution >= 0.6 is 0 Å². The number of rotatable bonds is 5. The molecule has 0 atom stereocenters. The van der Waals surface area contributed by atoms with Gasteiger partial charge in [0.2, 0.25) is 0 Å². The highest BCUT2D eigenvalue weighted by molar-refractivity contribution is 6.30. The molecule has 0 aromatic heterocycles. The first-order valence-electron chi connectivity index (χ1n) is 8.69. The second-order valence-corrected chi connectivity index (χ2v) is 6.18. The predicted octanol–water partition coefficient (Wildman–Crippen LogP) is 3.79. The minimum Gasteiger partial charge on any atom is -0.465 e. The highest BCUT2D eigenvalue weighted by atomic mass is 16.5. The maximum Gasteiger partial charge on any atom is 0.340 e. The first-order valence-corrected chi connectivity index (χ1v) is 8.69. The average molecular weight is 372 g/mol. The van der Waals surface area contributed by atoms with Crippen LogP contribution in [0.3, 0.4) is 0 Å². The second-order valence-electron chi connectivity index (χ2n) is 6.18. The molecule has 0 saturated heterocycles. The van der Waals surface area contributed by atoms with Crippen molar-refractivity contribution in [1.82, 2.24) is 5.43 Å². The van der Waals surface area contributed by atoms with E-state index in [1.165, 1.54) is 7.11 Å². The molecule has 2 aromatic carbocycles. The van der Waals surface area contributed by atoms with Crippen molar-refractivity contribution in [3.8, 4) is 11.1 Å². The summed E-state index contributed by atoms with van der Waals surface area (Å²) in [5.41, 5.74) is 8.49. The standard InChI is InChI=1S/C23H20N2O3/c1-15-11-20(13-21(23(27)28-3)22(15)25-24-2)18-9-7-17(8-10-18)19-6-4-5-16(12-19)14-26/h4-14,24H,1H2,2-3H3/b25-22+. The van der Waals surface area contributed by atoms with Gasteiger partial charge in [-0.3, -0.25) is 4.79 Å². The monoisotopic (exact) mass is 372 g/mol. The van der Waals surface area contributed by atoms with E-state index in [4.69, 9.17) is 4.74 Å². The van der Waals surface area contributed by atoms with Crippen molar-refractivity contribution in [2.24, 2.45) is 5.10 Å². The summed E-state index contributed by atoms with van der Waals surface area (Å²) in [6.07, 6.45) is 4.46. The van der Waals surface area contributed by atoms with Gasteiger partial charge in [-0.1, -0.05) is 49.0 Å². The number of carbonyl (C=O) groups is 2. The number of nitrogens with one attached hydrogen (secondary N) is 1. The molecule has 0 fully saturated rings. The summed E-state index contributed by atoms with van der Waals surface area (Å²) in [6.45, 7) is 4.01. The Hall–Kier alpha value is -3.73. The first kappa shape index (κ1) is 19.0. The Morgan fingerprint density at radius 2 is 1.79 bits per heavy atom. The van der Waals surface area contributed by atoms with Crippen molar-refractivity contribution in [3.05, 3.63) is 89.5 Å². The van der Waals surface area contributed by atoms with E-state index in [0.717, 1.165) is 28.5 Å². The molecule has 28 heavy (non-hydrogen) atoms. The van der Waals surface area contributed by atoms with E-state index in [9.17, 15) is 9.59 Å². The van der Waals surface area contributed by atoms with Gasteiger partial charge in [0, 0.05) is 12.6 Å². The van der Waals surface area contributed by atoms with E-state index >= 15 is 0 Å². The molecule has 0 heterocycles. The Morgan fingerprint density at radius 1 is 1.07 bits per heavy atom. The van der Waals surface area contributed by atoms with Gasteiger partial charge in [-0.15, -0.1) is 0 Å². The van der Waals surface area contributed by atoms with Crippen LogP contribution in [0.4, 0.5) is 0 Å². The summed E-state index contributed by atoms with van der Waals surface area (Å²) in [4.78, 5) is 23.2. The van der Waals surface area contributed by atoms with Crippen LogP contribution in [0.5, 0.6) is 0 Å². The Morgan fingerprint density at radius 3 is 2.43 bits per heavy atom. The number of ether oxygens (including phenoxy) is 1. The predicted molar refractivity (Wildman–Crippen MR) is 111 cm³/mol. The van der Waals surface area contributed by atoms with Crippen LogP contribution in [-0.4, -0.2) is 32.1 Å². The first-order chi connectivity index (χ1) is 13.6. The number of nitrogens with zero attached hydrogens (tertiary/aromatic N) is 1. The molecule has 0 saturated carbocycles. The number of methoxy groups -OCH3 is 1. The molecule has 0 aliphatic heterocycles. The molecular formula is C23H20N2O3. The summed E-state index contributed by atoms with van der Waals surface area (Å²) in [5.74, 6) is -0.469. The molecular weight excluding hydrogens is 352 g/mol. The van der Waals surface area contributed by atoms with Crippen LogP contribution in [0.1, 0.15) is 15.9 Å². The molecule has 1 N–H and O–H groups in total. The SMILES string of the molecule is C=C1C=C(c2ccc(-c3cccc(C=O)c3)cc2)C=C(C(=O)OC)/C1=N/NC. The Bertz CT molecular complexity index is 1030. The van der Waals surface area contributed by atoms with Crippen molar-refractivity contribution < 1.29 is 14.3 Å². The number of aldehydes is 1. The molecule has 0 unspecified atom stereocenters. The van der Waals surface area contributed by atoms with E-state index in [1.807, 2.05) is 48.5 Å². The van der Waals surface area contributed by atoms with Gasteiger partial charge < -0.3 is 10.2 Å². The van der Waals surface area contributed by atoms with E-state index < -0.39 is 5.97 Å². The van der Waals surface area contributed by atoms with Crippen molar-refractivity contribution in [3.63, 3.8) is 0 Å². The lowest BCUT2D eigenvalue weighted by atomic mass is 9.89. The fraction of sp³-hybridized carbons (Fsp3) is 0.0870. The summed E-state index contributed by atoms with van der Waals surface area (Å²) < 4.78 is 4.88. The van der Waals surface area contributed by atoms with E-state index in [0.29, 0.717) is 22.4 Å². The lowest BCUT2D eigenvalue weighted by Crippen LogP contribution is -2.20. The Kier molecular flexibility index (Phi) is 5.65. The Balaban J connectivity index is 1.97. The van der Waals surface area contributed by atoms with Crippen molar-refractivity contribution in [1.29, 1.82) is 0 Å². The average Bonchev–Trinajstić information content (AvgIpc) is 2.74. The van der Waals surface area contributed by atoms with Crippen molar-refractivity contribution in [2.75, 3.05) is 14.2 Å². The number of hydrogen-bond acceptors (Lipinski definition) is 5. The zero-order valence-corrected chi connectivity index (χ0v) is 15.7. The number of allylic oxidation sites excluding steroid dienone is 4. The fourth-order valence-corrected chi connectivity index (χ4v) is 3.02. The lowest BCUT2D eigenvalue weighted by Gasteiger charge is -2.17. The molecule has 1 aliphatic rings. The maximum atomic E-state index is 12.2. The van der Waals surface area contributed by atoms with Crippen LogP contribution in [0.2, 0.25) is 0 Å². The summed E-state index contributed by atoms with van der Waals surface area (Å²) in [6, 6.07) is 15.3. The molecule has 0 radical (unpaired) electrons. The van der Waals surface area contributed by atoms with Crippen LogP contribution in [0.25, 0.3) is 16.7 Å². The number of carbonyl (C=O) groups excluding carboxylic acids is 2. The lowest BCUT2D eigenvalue weighted by molar-refractivity contribution is -0.135. The van der Waals surface area contributed by atoms with Gasteiger partial charge in [0.1, 0.15) is 12.0 Å². The zero-order chi connectivity index (χ0) is 20.1. The fourth-order valence-electron chi connectivity index (χ4n) is 3.02. The van der Waals surface area contributed by atoms with Gasteiger partial charge in [-0.2, -0.15) is 5.10 Å². The third kappa shape index (κ3) is 3.83. The molecule has 3 rings (SSSR count). The largest absolute Gasteiger partial charge is 0.465 e. The van der Waals surface area contributed by atoms with E-state index in [2.05, 4.69) is 17.1 Å². The third-order valence-corrected chi connectivity index (χ3v) is 4.39. The highest BCUT2D eigenvalue weighted by Crippen LogP contribution is 2.29. The van der Waals surface area contributed by atoms with Crippen LogP contribution in [0, 0.1) is 0 Å². The van der Waals surface area contributed by atoms with Gasteiger partial charge in [0.15, 0.2) is 0 Å². The van der Waals surface area contributed by atoms with Gasteiger partial charge in [0.05, 0.1) is 12.7 Å². The zero-order valence-electron chi connectivity index (χ0n) is 15.7. The maximum absolute atomic E-state index is 12.2. The van der Waals surface area contributed by atoms with Gasteiger partial charge >= 0.3 is 5.97 Å². The molecule has 0 amide bonds. The van der Waals surface area contributed by atoms with E-state index in [-0.39, 0.29) is 0 Å². The van der Waals surface area contributed by atoms with Gasteiger partial charge in [-0.25, -0.2) is 4.79 Å². The number of hydrogen-bond donors (Lipinski definition) is 1. The number of esters is 1. The molecule has 0 bridgehead atoms. The van der Waals surface area contributed by atoms with Crippen LogP contribution in [0.15, 0.2) is 83.5 Å². The molecule has 0 spiro atoms. The molecule has 2 aromatic rings. The van der Waals surface area contributed by atoms with Gasteiger partial charge in [-0.05, 0) is 46.1 Å². The van der Waals surface area contributed by atoms with Gasteiger partial charge in [0.25, 0.3) is 0 Å². The number of hydrazone groups is 1. The van der Waals surface area contributed by atoms with Crippen molar-refractivity contribution >= 4 is 23.5 Å². The topological polar surface area (TPSA) is 67.8 Å². The third-order valence-electron chi connectivity index (χ3n) is 4.39. The number of benzene rings is 2. The quantitative estimate of drug-likeness (QED) is 0.493. The second kappa shape index (κ2) is 8.31. The van der Waals surface area contributed by atoms with Crippen LogP contribution in [-0.2, 0) is 9.53 Å². The molecule has 5 heteroatoms. The normalized spacial score (nSPS) is 14.9. The molecule has 140 valence electrons. The Labute approximate surface area is 163 Å². The van der Waals surface area contributed by atoms with E-state index in [1.54, 1.807) is 19.2 Å². The summed E-state index contributed by atoms with van der Waals surface area (Å²) in [5, 5.41) is 4.14.